The average Bonchev–Trinajstić information content (AvgIpc) is 3.47. The molecule has 0 atom stereocenters. The van der Waals surface area contributed by atoms with Crippen molar-refractivity contribution in [3.05, 3.63) is 151 Å². The lowest BCUT2D eigenvalue weighted by atomic mass is 9.94. The molecule has 0 radical (unpaired) electrons. The van der Waals surface area contributed by atoms with E-state index in [2.05, 4.69) is 162 Å². The monoisotopic (exact) mass is 580 g/mol. The standard InChI is InChI=1S/C41H28N2S/c1-2-10-27(11-3-1)28-12-8-13-29(24-28)43(31-20-22-40-39(26-31)37-18-9-23-42-41(37)44-40)30-19-21-36-34-16-5-4-14-32(34)33-15-6-7-17-35(33)38(36)25-30/h1-22,24-26,42H,23H2. The van der Waals surface area contributed by atoms with Crippen molar-refractivity contribution >= 4 is 81.9 Å². The highest BCUT2D eigenvalue weighted by atomic mass is 32.1. The SMILES string of the molecule is C1=Cc2c(sc3ccc(N(c4cccc(-c5ccccc5)c4)c4ccc5c6ccccc6c6ccccc6c5c4)cc23)NC1. The number of nitrogens with one attached hydrogen (secondary N) is 1. The second-order valence-electron chi connectivity index (χ2n) is 11.4. The highest BCUT2D eigenvalue weighted by Gasteiger charge is 2.19. The summed E-state index contributed by atoms with van der Waals surface area (Å²) in [4.78, 5) is 2.42. The highest BCUT2D eigenvalue weighted by Crippen LogP contribution is 2.45. The lowest BCUT2D eigenvalue weighted by molar-refractivity contribution is 1.29. The van der Waals surface area contributed by atoms with E-state index in [4.69, 9.17) is 0 Å². The van der Waals surface area contributed by atoms with E-state index in [1.807, 2.05) is 11.3 Å². The molecule has 44 heavy (non-hydrogen) atoms. The average molecular weight is 581 g/mol. The minimum Gasteiger partial charge on any atom is -0.373 e. The third-order valence-corrected chi connectivity index (χ3v) is 9.97. The molecule has 0 saturated carbocycles. The fourth-order valence-corrected chi connectivity index (χ4v) is 7.88. The largest absolute Gasteiger partial charge is 0.373 e. The Morgan fingerprint density at radius 3 is 1.82 bits per heavy atom. The zero-order chi connectivity index (χ0) is 29.0. The summed E-state index contributed by atoms with van der Waals surface area (Å²) in [7, 11) is 0. The first-order valence-electron chi connectivity index (χ1n) is 15.1. The Hall–Kier alpha value is -5.38. The second kappa shape index (κ2) is 10.1. The van der Waals surface area contributed by atoms with Gasteiger partial charge < -0.3 is 10.2 Å². The summed E-state index contributed by atoms with van der Waals surface area (Å²) in [6.07, 6.45) is 4.48. The third-order valence-electron chi connectivity index (χ3n) is 8.83. The Kier molecular flexibility index (Phi) is 5.78. The summed E-state index contributed by atoms with van der Waals surface area (Å²) < 4.78 is 1.30. The highest BCUT2D eigenvalue weighted by molar-refractivity contribution is 7.23. The minimum atomic E-state index is 0.880. The lowest BCUT2D eigenvalue weighted by Crippen LogP contribution is -2.10. The van der Waals surface area contributed by atoms with Gasteiger partial charge in [0, 0.05) is 39.3 Å². The molecule has 1 aromatic heterocycles. The topological polar surface area (TPSA) is 15.3 Å². The molecular formula is C41H28N2S. The van der Waals surface area contributed by atoms with Gasteiger partial charge in [-0.15, -0.1) is 11.3 Å². The summed E-state index contributed by atoms with van der Waals surface area (Å²) in [5.41, 5.74) is 7.11. The van der Waals surface area contributed by atoms with Gasteiger partial charge in [0.15, 0.2) is 0 Å². The first-order valence-corrected chi connectivity index (χ1v) is 15.9. The van der Waals surface area contributed by atoms with Crippen LogP contribution in [0.2, 0.25) is 0 Å². The van der Waals surface area contributed by atoms with Crippen molar-refractivity contribution in [1.29, 1.82) is 0 Å². The van der Waals surface area contributed by atoms with Crippen LogP contribution in [0.15, 0.2) is 146 Å². The van der Waals surface area contributed by atoms with Crippen LogP contribution in [0.5, 0.6) is 0 Å². The van der Waals surface area contributed by atoms with Crippen LogP contribution < -0.4 is 10.2 Å². The third kappa shape index (κ3) is 4.01. The van der Waals surface area contributed by atoms with Crippen molar-refractivity contribution in [3.63, 3.8) is 0 Å². The number of benzene rings is 7. The van der Waals surface area contributed by atoms with Gasteiger partial charge in [-0.2, -0.15) is 0 Å². The number of thiophene rings is 1. The predicted molar refractivity (Wildman–Crippen MR) is 192 cm³/mol. The van der Waals surface area contributed by atoms with Gasteiger partial charge >= 0.3 is 0 Å². The molecule has 2 nitrogen and oxygen atoms in total. The maximum Gasteiger partial charge on any atom is 0.0971 e. The van der Waals surface area contributed by atoms with Gasteiger partial charge in [0.2, 0.25) is 0 Å². The Bertz CT molecular complexity index is 2370. The van der Waals surface area contributed by atoms with Crippen LogP contribution in [0.25, 0.3) is 59.6 Å². The molecule has 3 heteroatoms. The molecule has 0 unspecified atom stereocenters. The molecular weight excluding hydrogens is 553 g/mol. The van der Waals surface area contributed by atoms with Crippen molar-refractivity contribution in [2.45, 2.75) is 0 Å². The van der Waals surface area contributed by atoms with Crippen molar-refractivity contribution in [2.24, 2.45) is 0 Å². The summed E-state index contributed by atoms with van der Waals surface area (Å²) >= 11 is 1.83. The second-order valence-corrected chi connectivity index (χ2v) is 12.4. The van der Waals surface area contributed by atoms with Gasteiger partial charge in [0.1, 0.15) is 0 Å². The van der Waals surface area contributed by atoms with Gasteiger partial charge in [-0.25, -0.2) is 0 Å². The number of hydrogen-bond donors (Lipinski definition) is 1. The molecule has 0 spiro atoms. The summed E-state index contributed by atoms with van der Waals surface area (Å²) in [5.74, 6) is 0. The van der Waals surface area contributed by atoms with Gasteiger partial charge in [-0.3, -0.25) is 0 Å². The number of rotatable bonds is 4. The molecule has 0 amide bonds. The summed E-state index contributed by atoms with van der Waals surface area (Å²) in [6, 6.07) is 51.0. The zero-order valence-electron chi connectivity index (χ0n) is 24.0. The smallest absolute Gasteiger partial charge is 0.0971 e. The van der Waals surface area contributed by atoms with Crippen LogP contribution in [0.3, 0.4) is 0 Å². The van der Waals surface area contributed by atoms with Crippen molar-refractivity contribution < 1.29 is 0 Å². The number of fused-ring (bicyclic) bond motifs is 9. The zero-order valence-corrected chi connectivity index (χ0v) is 24.8. The van der Waals surface area contributed by atoms with Crippen LogP contribution in [-0.4, -0.2) is 6.54 Å². The number of nitrogens with zero attached hydrogens (tertiary/aromatic N) is 1. The Morgan fingerprint density at radius 1 is 0.477 bits per heavy atom. The van der Waals surface area contributed by atoms with E-state index in [-0.39, 0.29) is 0 Å². The fourth-order valence-electron chi connectivity index (χ4n) is 6.81. The molecule has 8 aromatic rings. The molecule has 0 bridgehead atoms. The Balaban J connectivity index is 1.31. The van der Waals surface area contributed by atoms with Gasteiger partial charge in [0.05, 0.1) is 5.00 Å². The fraction of sp³-hybridized carbons (Fsp3) is 0.0244. The predicted octanol–water partition coefficient (Wildman–Crippen LogP) is 11.9. The van der Waals surface area contributed by atoms with E-state index in [1.165, 1.54) is 64.1 Å². The van der Waals surface area contributed by atoms with Gasteiger partial charge in [-0.1, -0.05) is 109 Å². The Labute approximate surface area is 260 Å². The number of anilines is 4. The Morgan fingerprint density at radius 2 is 1.07 bits per heavy atom. The van der Waals surface area contributed by atoms with Crippen molar-refractivity contribution in [3.8, 4) is 11.1 Å². The quantitative estimate of drug-likeness (QED) is 0.208. The first-order chi connectivity index (χ1) is 21.8. The molecule has 0 saturated heterocycles. The van der Waals surface area contributed by atoms with Gasteiger partial charge in [-0.05, 0) is 85.9 Å². The number of hydrogen-bond acceptors (Lipinski definition) is 3. The molecule has 1 aliphatic rings. The first kappa shape index (κ1) is 25.1. The summed E-state index contributed by atoms with van der Waals surface area (Å²) in [5, 5.41) is 13.8. The van der Waals surface area contributed by atoms with Crippen LogP contribution >= 0.6 is 11.3 Å². The van der Waals surface area contributed by atoms with Crippen molar-refractivity contribution in [2.75, 3.05) is 16.8 Å². The van der Waals surface area contributed by atoms with E-state index in [9.17, 15) is 0 Å². The normalized spacial score (nSPS) is 12.5. The van der Waals surface area contributed by atoms with Crippen LogP contribution in [0.4, 0.5) is 22.1 Å². The molecule has 208 valence electrons. The summed E-state index contributed by atoms with van der Waals surface area (Å²) in [6.45, 7) is 0.880. The van der Waals surface area contributed by atoms with Crippen molar-refractivity contribution in [1.82, 2.24) is 0 Å². The van der Waals surface area contributed by atoms with Gasteiger partial charge in [0.25, 0.3) is 0 Å². The van der Waals surface area contributed by atoms with Crippen LogP contribution in [-0.2, 0) is 0 Å². The van der Waals surface area contributed by atoms with E-state index < -0.39 is 0 Å². The van der Waals surface area contributed by atoms with Crippen LogP contribution in [0, 0.1) is 0 Å². The van der Waals surface area contributed by atoms with E-state index >= 15 is 0 Å². The molecule has 7 aromatic carbocycles. The van der Waals surface area contributed by atoms with E-state index in [0.717, 1.165) is 23.6 Å². The van der Waals surface area contributed by atoms with Crippen LogP contribution in [0.1, 0.15) is 5.56 Å². The lowest BCUT2D eigenvalue weighted by Gasteiger charge is -2.27. The maximum atomic E-state index is 3.56. The van der Waals surface area contributed by atoms with E-state index in [1.54, 1.807) is 0 Å². The molecule has 1 N–H and O–H groups in total. The molecule has 1 aliphatic heterocycles. The molecule has 9 rings (SSSR count). The molecule has 0 fully saturated rings. The molecule has 2 heterocycles. The molecule has 0 aliphatic carbocycles. The maximum absolute atomic E-state index is 3.56. The minimum absolute atomic E-state index is 0.880. The van der Waals surface area contributed by atoms with E-state index in [0.29, 0.717) is 0 Å².